The summed E-state index contributed by atoms with van der Waals surface area (Å²) in [4.78, 5) is 20.9. The van der Waals surface area contributed by atoms with Crippen LogP contribution in [0.5, 0.6) is 0 Å². The zero-order chi connectivity index (χ0) is 10.8. The second-order valence-electron chi connectivity index (χ2n) is 3.08. The first-order chi connectivity index (χ1) is 7.24. The van der Waals surface area contributed by atoms with Gasteiger partial charge in [-0.2, -0.15) is 0 Å². The van der Waals surface area contributed by atoms with E-state index in [0.29, 0.717) is 5.75 Å². The molecule has 2 rings (SSSR count). The first kappa shape index (κ1) is 10.6. The van der Waals surface area contributed by atoms with Crippen LogP contribution in [0.1, 0.15) is 10.4 Å². The Labute approximate surface area is 95.9 Å². The van der Waals surface area contributed by atoms with Crippen LogP contribution in [0, 0.1) is 13.8 Å². The molecule has 2 aromatic rings. The Hall–Kier alpha value is -0.940. The minimum absolute atomic E-state index is 0.320. The van der Waals surface area contributed by atoms with Gasteiger partial charge in [-0.1, -0.05) is 11.8 Å². The first-order valence-electron chi connectivity index (χ1n) is 4.42. The van der Waals surface area contributed by atoms with Crippen molar-refractivity contribution in [2.24, 2.45) is 0 Å². The van der Waals surface area contributed by atoms with Crippen molar-refractivity contribution in [1.29, 1.82) is 0 Å². The Kier molecular flexibility index (Phi) is 3.02. The van der Waals surface area contributed by atoms with Gasteiger partial charge in [0.2, 0.25) is 6.29 Å². The summed E-state index contributed by atoms with van der Waals surface area (Å²) in [5, 5.41) is 1.96. The number of thioether (sulfide) groups is 1. The van der Waals surface area contributed by atoms with Crippen molar-refractivity contribution in [1.82, 2.24) is 9.97 Å². The number of aryl methyl sites for hydroxylation is 2. The fourth-order valence-corrected chi connectivity index (χ4v) is 3.13. The Bertz CT molecular complexity index is 507. The van der Waals surface area contributed by atoms with Crippen LogP contribution in [0.25, 0.3) is 10.2 Å². The minimum Gasteiger partial charge on any atom is -0.290 e. The number of thiophene rings is 1. The molecule has 0 spiro atoms. The summed E-state index contributed by atoms with van der Waals surface area (Å²) < 4.78 is 0. The van der Waals surface area contributed by atoms with E-state index in [1.165, 1.54) is 22.2 Å². The van der Waals surface area contributed by atoms with E-state index in [1.807, 2.05) is 6.29 Å². The number of hydrogen-bond acceptors (Lipinski definition) is 5. The van der Waals surface area contributed by atoms with Crippen LogP contribution in [0.3, 0.4) is 0 Å². The summed E-state index contributed by atoms with van der Waals surface area (Å²) in [5.74, 6) is 0.320. The normalized spacial score (nSPS) is 10.8. The summed E-state index contributed by atoms with van der Waals surface area (Å²) in [5.41, 5.74) is 1.21. The van der Waals surface area contributed by atoms with Crippen molar-refractivity contribution >= 4 is 39.6 Å². The average molecular weight is 237 g/mol. The van der Waals surface area contributed by atoms with Crippen molar-refractivity contribution in [3.63, 3.8) is 0 Å². The molecule has 2 aromatic heterocycles. The Morgan fingerprint density at radius 1 is 1.47 bits per heavy atom. The first-order valence-corrected chi connectivity index (χ1v) is 6.22. The van der Waals surface area contributed by atoms with E-state index >= 15 is 0 Å². The molecule has 0 aromatic carbocycles. The van der Waals surface area contributed by atoms with Gasteiger partial charge >= 0.3 is 0 Å². The fraction of sp³-hybridized carbons (Fsp3) is 0.300. The molecule has 0 aliphatic carbocycles. The average Bonchev–Trinajstić information content (AvgIpc) is 2.53. The molecule has 0 bridgehead atoms. The topological polar surface area (TPSA) is 42.9 Å². The number of carbonyl (C=O) groups excluding carboxylic acids is 1. The second-order valence-corrected chi connectivity index (χ2v) is 5.24. The molecule has 0 amide bonds. The van der Waals surface area contributed by atoms with Gasteiger partial charge in [-0.15, -0.1) is 11.3 Å². The van der Waals surface area contributed by atoms with Gasteiger partial charge in [-0.3, -0.25) is 4.79 Å². The van der Waals surface area contributed by atoms with E-state index in [9.17, 15) is 4.79 Å². The maximum atomic E-state index is 10.2. The lowest BCUT2D eigenvalue weighted by atomic mass is 10.2. The standard InChI is InChI=1S/C10H9N2OS2/c1-6-7(2)15-10-8(6)9(11-5-12-10)14-4-3-13/h5H,4H2,1-2H3. The van der Waals surface area contributed by atoms with E-state index in [1.54, 1.807) is 17.7 Å². The van der Waals surface area contributed by atoms with Crippen molar-refractivity contribution in [2.75, 3.05) is 5.75 Å². The third-order valence-corrected chi connectivity index (χ3v) is 4.16. The van der Waals surface area contributed by atoms with E-state index in [4.69, 9.17) is 0 Å². The lowest BCUT2D eigenvalue weighted by molar-refractivity contribution is 0.560. The molecular formula is C10H9N2OS2. The lowest BCUT2D eigenvalue weighted by Gasteiger charge is -1.99. The number of aromatic nitrogens is 2. The second kappa shape index (κ2) is 4.28. The summed E-state index contributed by atoms with van der Waals surface area (Å²) in [6, 6.07) is 0. The molecule has 0 aliphatic heterocycles. The van der Waals surface area contributed by atoms with Crippen molar-refractivity contribution in [2.45, 2.75) is 18.9 Å². The maximum absolute atomic E-state index is 10.2. The van der Waals surface area contributed by atoms with Gasteiger partial charge in [-0.25, -0.2) is 9.97 Å². The van der Waals surface area contributed by atoms with Gasteiger partial charge in [0.15, 0.2) is 0 Å². The maximum Gasteiger partial charge on any atom is 0.209 e. The van der Waals surface area contributed by atoms with Crippen LogP contribution in [-0.2, 0) is 4.79 Å². The molecule has 0 unspecified atom stereocenters. The Morgan fingerprint density at radius 3 is 3.00 bits per heavy atom. The van der Waals surface area contributed by atoms with Gasteiger partial charge in [-0.05, 0) is 19.4 Å². The van der Waals surface area contributed by atoms with Gasteiger partial charge in [0, 0.05) is 10.3 Å². The summed E-state index contributed by atoms with van der Waals surface area (Å²) >= 11 is 3.07. The minimum atomic E-state index is 0.320. The third-order valence-electron chi connectivity index (χ3n) is 2.20. The summed E-state index contributed by atoms with van der Waals surface area (Å²) in [7, 11) is 0. The Balaban J connectivity index is 2.58. The van der Waals surface area contributed by atoms with Crippen LogP contribution in [0.4, 0.5) is 0 Å². The van der Waals surface area contributed by atoms with Crippen LogP contribution < -0.4 is 0 Å². The van der Waals surface area contributed by atoms with Crippen LogP contribution in [-0.4, -0.2) is 22.0 Å². The molecule has 3 nitrogen and oxygen atoms in total. The molecule has 5 heteroatoms. The molecule has 15 heavy (non-hydrogen) atoms. The largest absolute Gasteiger partial charge is 0.290 e. The van der Waals surface area contributed by atoms with E-state index in [2.05, 4.69) is 23.8 Å². The van der Waals surface area contributed by atoms with Gasteiger partial charge in [0.1, 0.15) is 16.2 Å². The Morgan fingerprint density at radius 2 is 2.27 bits per heavy atom. The molecular weight excluding hydrogens is 228 g/mol. The highest BCUT2D eigenvalue weighted by atomic mass is 32.2. The number of fused-ring (bicyclic) bond motifs is 1. The van der Waals surface area contributed by atoms with Crippen molar-refractivity contribution in [3.05, 3.63) is 16.8 Å². The van der Waals surface area contributed by atoms with Crippen LogP contribution >= 0.6 is 23.1 Å². The smallest absolute Gasteiger partial charge is 0.209 e. The predicted octanol–water partition coefficient (Wildman–Crippen LogP) is 2.51. The van der Waals surface area contributed by atoms with E-state index in [-0.39, 0.29) is 0 Å². The molecule has 0 saturated heterocycles. The number of nitrogens with zero attached hydrogens (tertiary/aromatic N) is 2. The van der Waals surface area contributed by atoms with Crippen molar-refractivity contribution < 1.29 is 4.79 Å². The zero-order valence-corrected chi connectivity index (χ0v) is 10.0. The highest BCUT2D eigenvalue weighted by molar-refractivity contribution is 8.00. The summed E-state index contributed by atoms with van der Waals surface area (Å²) in [6.45, 7) is 4.13. The third kappa shape index (κ3) is 1.89. The lowest BCUT2D eigenvalue weighted by Crippen LogP contribution is -1.87. The number of rotatable bonds is 3. The highest BCUT2D eigenvalue weighted by Gasteiger charge is 2.11. The fourth-order valence-electron chi connectivity index (χ4n) is 1.36. The molecule has 0 fully saturated rings. The van der Waals surface area contributed by atoms with Gasteiger partial charge in [0.25, 0.3) is 0 Å². The monoisotopic (exact) mass is 237 g/mol. The van der Waals surface area contributed by atoms with Crippen molar-refractivity contribution in [3.8, 4) is 0 Å². The van der Waals surface area contributed by atoms with Gasteiger partial charge in [0.05, 0.1) is 5.75 Å². The molecule has 0 N–H and O–H groups in total. The van der Waals surface area contributed by atoms with E-state index < -0.39 is 0 Å². The molecule has 0 aliphatic rings. The molecule has 2 heterocycles. The quantitative estimate of drug-likeness (QED) is 0.607. The predicted molar refractivity (Wildman–Crippen MR) is 63.3 cm³/mol. The highest BCUT2D eigenvalue weighted by Crippen LogP contribution is 2.33. The molecule has 77 valence electrons. The van der Waals surface area contributed by atoms with Crippen LogP contribution in [0.15, 0.2) is 11.4 Å². The number of hydrogen-bond donors (Lipinski definition) is 0. The summed E-state index contributed by atoms with van der Waals surface area (Å²) in [6.07, 6.45) is 3.41. The van der Waals surface area contributed by atoms with Gasteiger partial charge < -0.3 is 0 Å². The SMILES string of the molecule is Cc1sc2ncnc(SC[C]=O)c2c1C. The van der Waals surface area contributed by atoms with Crippen LogP contribution in [0.2, 0.25) is 0 Å². The molecule has 0 saturated carbocycles. The van der Waals surface area contributed by atoms with E-state index in [0.717, 1.165) is 15.2 Å². The molecule has 1 radical (unpaired) electrons. The zero-order valence-electron chi connectivity index (χ0n) is 8.40. The molecule has 0 atom stereocenters.